The summed E-state index contributed by atoms with van der Waals surface area (Å²) in [7, 11) is 0. The van der Waals surface area contributed by atoms with Crippen LogP contribution in [0.1, 0.15) is 28.8 Å². The topological polar surface area (TPSA) is 20.3 Å². The highest BCUT2D eigenvalue weighted by atomic mass is 19.1. The predicted molar refractivity (Wildman–Crippen MR) is 70.6 cm³/mol. The lowest BCUT2D eigenvalue weighted by molar-refractivity contribution is 0.111. The van der Waals surface area contributed by atoms with E-state index in [-0.39, 0.29) is 13.0 Å². The van der Waals surface area contributed by atoms with E-state index >= 15 is 0 Å². The van der Waals surface area contributed by atoms with Crippen LogP contribution in [-0.2, 0) is 6.42 Å². The van der Waals surface area contributed by atoms with E-state index in [4.69, 9.17) is 0 Å². The molecule has 0 aromatic heterocycles. The number of carbonyl (C=O) groups is 1. The Labute approximate surface area is 116 Å². The highest BCUT2D eigenvalue weighted by molar-refractivity contribution is 5.75. The number of hydrogen-bond donors (Lipinski definition) is 0. The summed E-state index contributed by atoms with van der Waals surface area (Å²) < 4.78 is 39.1. The summed E-state index contributed by atoms with van der Waals surface area (Å²) in [5.74, 6) is -1.28. The van der Waals surface area contributed by atoms with Crippen molar-refractivity contribution in [2.24, 2.45) is 5.92 Å². The number of halogens is 3. The molecule has 20 heavy (non-hydrogen) atoms. The van der Waals surface area contributed by atoms with Crippen molar-refractivity contribution in [2.75, 3.05) is 26.3 Å². The minimum atomic E-state index is -0.803. The van der Waals surface area contributed by atoms with E-state index in [1.54, 1.807) is 0 Å². The standard InChI is InChI=1S/C15H18F3NO/c16-3-1-4-19-5-2-11(9-19)6-12-7-14(17)13(10-20)15(18)8-12/h7-8,10-11H,1-6,9H2/t11-/m1/s1. The monoisotopic (exact) mass is 285 g/mol. The number of nitrogens with zero attached hydrogens (tertiary/aromatic N) is 1. The van der Waals surface area contributed by atoms with E-state index in [1.807, 2.05) is 0 Å². The van der Waals surface area contributed by atoms with Crippen molar-refractivity contribution in [3.05, 3.63) is 34.9 Å². The molecule has 0 saturated carbocycles. The van der Waals surface area contributed by atoms with Crippen LogP contribution < -0.4 is 0 Å². The van der Waals surface area contributed by atoms with Gasteiger partial charge in [-0.2, -0.15) is 0 Å². The Morgan fingerprint density at radius 1 is 1.30 bits per heavy atom. The van der Waals surface area contributed by atoms with Gasteiger partial charge in [-0.3, -0.25) is 9.18 Å². The SMILES string of the molecule is O=Cc1c(F)cc(C[C@H]2CCN(CCCF)C2)cc1F. The van der Waals surface area contributed by atoms with Crippen molar-refractivity contribution in [3.8, 4) is 0 Å². The molecule has 1 heterocycles. The summed E-state index contributed by atoms with van der Waals surface area (Å²) in [6.45, 7) is 2.16. The maximum absolute atomic E-state index is 13.5. The van der Waals surface area contributed by atoms with Crippen molar-refractivity contribution in [1.82, 2.24) is 4.90 Å². The van der Waals surface area contributed by atoms with Gasteiger partial charge in [0, 0.05) is 13.1 Å². The molecule has 1 saturated heterocycles. The average molecular weight is 285 g/mol. The molecule has 0 unspecified atom stereocenters. The van der Waals surface area contributed by atoms with E-state index in [1.165, 1.54) is 12.1 Å². The van der Waals surface area contributed by atoms with Gasteiger partial charge in [-0.15, -0.1) is 0 Å². The molecule has 0 amide bonds. The molecule has 2 nitrogen and oxygen atoms in total. The summed E-state index contributed by atoms with van der Waals surface area (Å²) in [4.78, 5) is 12.7. The number of benzene rings is 1. The van der Waals surface area contributed by atoms with Crippen LogP contribution in [0.5, 0.6) is 0 Å². The third-order valence-corrected chi connectivity index (χ3v) is 3.76. The van der Waals surface area contributed by atoms with Crippen LogP contribution in [0.3, 0.4) is 0 Å². The van der Waals surface area contributed by atoms with Gasteiger partial charge in [0.05, 0.1) is 12.2 Å². The Morgan fingerprint density at radius 2 is 2.00 bits per heavy atom. The first kappa shape index (κ1) is 15.0. The molecule has 0 N–H and O–H groups in total. The van der Waals surface area contributed by atoms with Gasteiger partial charge >= 0.3 is 0 Å². The summed E-state index contributed by atoms with van der Waals surface area (Å²) in [5.41, 5.74) is 0.0627. The lowest BCUT2D eigenvalue weighted by Gasteiger charge is -2.15. The largest absolute Gasteiger partial charge is 0.303 e. The number of likely N-dealkylation sites (tertiary alicyclic amines) is 1. The summed E-state index contributed by atoms with van der Waals surface area (Å²) in [5, 5.41) is 0. The molecule has 1 atom stereocenters. The number of aldehydes is 1. The fraction of sp³-hybridized carbons (Fsp3) is 0.533. The molecule has 5 heteroatoms. The molecule has 1 fully saturated rings. The summed E-state index contributed by atoms with van der Waals surface area (Å²) in [6.07, 6.45) is 2.26. The van der Waals surface area contributed by atoms with E-state index in [0.29, 0.717) is 24.3 Å². The molecule has 110 valence electrons. The third-order valence-electron chi connectivity index (χ3n) is 3.76. The fourth-order valence-corrected chi connectivity index (χ4v) is 2.77. The number of rotatable bonds is 6. The minimum absolute atomic E-state index is 0.197. The van der Waals surface area contributed by atoms with Crippen LogP contribution in [0.25, 0.3) is 0 Å². The second kappa shape index (κ2) is 6.88. The Bertz CT molecular complexity index is 455. The van der Waals surface area contributed by atoms with Crippen LogP contribution in [-0.4, -0.2) is 37.5 Å². The van der Waals surface area contributed by atoms with Crippen LogP contribution in [0.15, 0.2) is 12.1 Å². The first-order valence-electron chi connectivity index (χ1n) is 6.85. The molecule has 1 aromatic rings. The van der Waals surface area contributed by atoms with Gasteiger partial charge in [0.25, 0.3) is 0 Å². The zero-order chi connectivity index (χ0) is 14.5. The Kier molecular flexibility index (Phi) is 5.17. The van der Waals surface area contributed by atoms with Crippen molar-refractivity contribution in [3.63, 3.8) is 0 Å². The Hall–Kier alpha value is -1.36. The van der Waals surface area contributed by atoms with E-state index in [0.717, 1.165) is 26.1 Å². The molecule has 0 aliphatic carbocycles. The fourth-order valence-electron chi connectivity index (χ4n) is 2.77. The zero-order valence-corrected chi connectivity index (χ0v) is 11.2. The first-order chi connectivity index (χ1) is 9.63. The smallest absolute Gasteiger partial charge is 0.155 e. The summed E-state index contributed by atoms with van der Waals surface area (Å²) >= 11 is 0. The highest BCUT2D eigenvalue weighted by Crippen LogP contribution is 2.23. The first-order valence-corrected chi connectivity index (χ1v) is 6.85. The number of carbonyl (C=O) groups excluding carboxylic acids is 1. The predicted octanol–water partition coefficient (Wildman–Crippen LogP) is 3.00. The molecular weight excluding hydrogens is 267 g/mol. The van der Waals surface area contributed by atoms with Crippen LogP contribution in [0, 0.1) is 17.6 Å². The lowest BCUT2D eigenvalue weighted by atomic mass is 9.97. The van der Waals surface area contributed by atoms with Crippen LogP contribution >= 0.6 is 0 Å². The normalized spacial score (nSPS) is 19.4. The van der Waals surface area contributed by atoms with Crippen molar-refractivity contribution < 1.29 is 18.0 Å². The van der Waals surface area contributed by atoms with Crippen LogP contribution in [0.2, 0.25) is 0 Å². The Morgan fingerprint density at radius 3 is 2.60 bits per heavy atom. The van der Waals surface area contributed by atoms with Crippen molar-refractivity contribution >= 4 is 6.29 Å². The highest BCUT2D eigenvalue weighted by Gasteiger charge is 2.23. The van der Waals surface area contributed by atoms with Gasteiger partial charge in [0.1, 0.15) is 11.6 Å². The van der Waals surface area contributed by atoms with Crippen molar-refractivity contribution in [2.45, 2.75) is 19.3 Å². The average Bonchev–Trinajstić information content (AvgIpc) is 2.83. The zero-order valence-electron chi connectivity index (χ0n) is 11.2. The molecule has 1 aromatic carbocycles. The number of hydrogen-bond acceptors (Lipinski definition) is 2. The van der Waals surface area contributed by atoms with Gasteiger partial charge in [-0.05, 0) is 49.4 Å². The molecule has 1 aliphatic heterocycles. The van der Waals surface area contributed by atoms with Crippen molar-refractivity contribution in [1.29, 1.82) is 0 Å². The van der Waals surface area contributed by atoms with Crippen LogP contribution in [0.4, 0.5) is 13.2 Å². The van der Waals surface area contributed by atoms with E-state index in [2.05, 4.69) is 4.90 Å². The third kappa shape index (κ3) is 3.60. The maximum Gasteiger partial charge on any atom is 0.155 e. The Balaban J connectivity index is 1.96. The molecule has 0 spiro atoms. The second-order valence-electron chi connectivity index (χ2n) is 5.29. The van der Waals surface area contributed by atoms with E-state index in [9.17, 15) is 18.0 Å². The van der Waals surface area contributed by atoms with Gasteiger partial charge in [-0.25, -0.2) is 8.78 Å². The maximum atomic E-state index is 13.5. The second-order valence-corrected chi connectivity index (χ2v) is 5.29. The summed E-state index contributed by atoms with van der Waals surface area (Å²) in [6, 6.07) is 2.47. The quantitative estimate of drug-likeness (QED) is 0.749. The molecule has 2 rings (SSSR count). The number of alkyl halides is 1. The van der Waals surface area contributed by atoms with Gasteiger partial charge in [0.15, 0.2) is 6.29 Å². The lowest BCUT2D eigenvalue weighted by Crippen LogP contribution is -2.22. The van der Waals surface area contributed by atoms with Gasteiger partial charge in [-0.1, -0.05) is 0 Å². The molecule has 0 bridgehead atoms. The minimum Gasteiger partial charge on any atom is -0.303 e. The molecule has 1 aliphatic rings. The van der Waals surface area contributed by atoms with Gasteiger partial charge < -0.3 is 4.90 Å². The molecule has 0 radical (unpaired) electrons. The molecular formula is C15H18F3NO. The van der Waals surface area contributed by atoms with Gasteiger partial charge in [0.2, 0.25) is 0 Å². The van der Waals surface area contributed by atoms with E-state index < -0.39 is 17.2 Å².